The van der Waals surface area contributed by atoms with E-state index in [-0.39, 0.29) is 23.3 Å². The SMILES string of the molecule is CC1CC(NS(=O)(=O)c2c[nH]c3nccc(Cl)c23)CCN1.Cl. The van der Waals surface area contributed by atoms with Gasteiger partial charge in [0.05, 0.1) is 10.4 Å². The van der Waals surface area contributed by atoms with Gasteiger partial charge in [0, 0.05) is 24.5 Å². The fraction of sp³-hybridized carbons (Fsp3) is 0.462. The first kappa shape index (κ1) is 17.5. The second kappa shape index (κ2) is 6.72. The number of pyridine rings is 1. The fourth-order valence-corrected chi connectivity index (χ4v) is 4.49. The van der Waals surface area contributed by atoms with Crippen molar-refractivity contribution < 1.29 is 8.42 Å². The van der Waals surface area contributed by atoms with Crippen LogP contribution in [0.1, 0.15) is 19.8 Å². The minimum Gasteiger partial charge on any atom is -0.345 e. The zero-order valence-corrected chi connectivity index (χ0v) is 14.4. The molecule has 122 valence electrons. The average Bonchev–Trinajstić information content (AvgIpc) is 2.84. The number of fused-ring (bicyclic) bond motifs is 1. The zero-order valence-electron chi connectivity index (χ0n) is 12.0. The lowest BCUT2D eigenvalue weighted by Crippen LogP contribution is -2.46. The lowest BCUT2D eigenvalue weighted by Gasteiger charge is -2.28. The van der Waals surface area contributed by atoms with E-state index in [0.29, 0.717) is 22.1 Å². The molecule has 2 aromatic rings. The van der Waals surface area contributed by atoms with Crippen LogP contribution in [0.2, 0.25) is 5.02 Å². The molecular weight excluding hydrogens is 347 g/mol. The molecule has 22 heavy (non-hydrogen) atoms. The van der Waals surface area contributed by atoms with Crippen molar-refractivity contribution in [3.63, 3.8) is 0 Å². The van der Waals surface area contributed by atoms with Crippen molar-refractivity contribution in [2.24, 2.45) is 0 Å². The number of nitrogens with zero attached hydrogens (tertiary/aromatic N) is 1. The van der Waals surface area contributed by atoms with Crippen LogP contribution in [0.4, 0.5) is 0 Å². The van der Waals surface area contributed by atoms with Gasteiger partial charge in [0.25, 0.3) is 0 Å². The van der Waals surface area contributed by atoms with Crippen LogP contribution < -0.4 is 10.0 Å². The second-order valence-corrected chi connectivity index (χ2v) is 7.46. The molecule has 2 atom stereocenters. The highest BCUT2D eigenvalue weighted by molar-refractivity contribution is 7.89. The average molecular weight is 365 g/mol. The van der Waals surface area contributed by atoms with E-state index in [1.165, 1.54) is 6.20 Å². The quantitative estimate of drug-likeness (QED) is 0.777. The lowest BCUT2D eigenvalue weighted by atomic mass is 10.0. The maximum atomic E-state index is 12.6. The highest BCUT2D eigenvalue weighted by Crippen LogP contribution is 2.28. The molecule has 3 heterocycles. The molecule has 2 aromatic heterocycles. The Kier molecular flexibility index (Phi) is 5.34. The third kappa shape index (κ3) is 3.38. The normalized spacial score (nSPS) is 22.5. The van der Waals surface area contributed by atoms with E-state index >= 15 is 0 Å². The summed E-state index contributed by atoms with van der Waals surface area (Å²) in [5, 5.41) is 4.11. The molecule has 0 bridgehead atoms. The summed E-state index contributed by atoms with van der Waals surface area (Å²) in [6.07, 6.45) is 4.53. The highest BCUT2D eigenvalue weighted by atomic mass is 35.5. The summed E-state index contributed by atoms with van der Waals surface area (Å²) in [5.41, 5.74) is 0.474. The van der Waals surface area contributed by atoms with Gasteiger partial charge in [-0.1, -0.05) is 11.6 Å². The molecule has 3 rings (SSSR count). The molecule has 1 aliphatic rings. The predicted molar refractivity (Wildman–Crippen MR) is 89.2 cm³/mol. The van der Waals surface area contributed by atoms with Gasteiger partial charge in [-0.3, -0.25) is 0 Å². The van der Waals surface area contributed by atoms with Gasteiger partial charge >= 0.3 is 0 Å². The van der Waals surface area contributed by atoms with Crippen molar-refractivity contribution in [3.8, 4) is 0 Å². The summed E-state index contributed by atoms with van der Waals surface area (Å²) in [6.45, 7) is 2.86. The Bertz CT molecular complexity index is 762. The van der Waals surface area contributed by atoms with E-state index in [1.54, 1.807) is 12.3 Å². The number of piperidine rings is 1. The Hall–Kier alpha value is -0.860. The van der Waals surface area contributed by atoms with Gasteiger partial charge in [0.1, 0.15) is 10.5 Å². The van der Waals surface area contributed by atoms with Crippen LogP contribution in [0, 0.1) is 0 Å². The number of rotatable bonds is 3. The minimum absolute atomic E-state index is 0. The van der Waals surface area contributed by atoms with Crippen LogP contribution >= 0.6 is 24.0 Å². The number of halogens is 2. The van der Waals surface area contributed by atoms with Crippen LogP contribution in [0.15, 0.2) is 23.4 Å². The van der Waals surface area contributed by atoms with Crippen molar-refractivity contribution in [1.29, 1.82) is 0 Å². The van der Waals surface area contributed by atoms with E-state index in [1.807, 2.05) is 6.92 Å². The summed E-state index contributed by atoms with van der Waals surface area (Å²) in [4.78, 5) is 7.10. The predicted octanol–water partition coefficient (Wildman–Crippen LogP) is 2.06. The van der Waals surface area contributed by atoms with Gasteiger partial charge in [-0.2, -0.15) is 0 Å². The molecule has 6 nitrogen and oxygen atoms in total. The van der Waals surface area contributed by atoms with Crippen LogP contribution in [-0.4, -0.2) is 37.0 Å². The second-order valence-electron chi connectivity index (χ2n) is 5.37. The van der Waals surface area contributed by atoms with Gasteiger partial charge in [-0.25, -0.2) is 18.1 Å². The summed E-state index contributed by atoms with van der Waals surface area (Å²) in [6, 6.07) is 1.83. The topological polar surface area (TPSA) is 86.9 Å². The minimum atomic E-state index is -3.62. The monoisotopic (exact) mass is 364 g/mol. The number of hydrogen-bond acceptors (Lipinski definition) is 4. The van der Waals surface area contributed by atoms with E-state index in [9.17, 15) is 8.42 Å². The number of nitrogens with one attached hydrogen (secondary N) is 3. The van der Waals surface area contributed by atoms with Crippen molar-refractivity contribution in [2.75, 3.05) is 6.54 Å². The van der Waals surface area contributed by atoms with Crippen molar-refractivity contribution in [2.45, 2.75) is 36.7 Å². The molecule has 0 saturated carbocycles. The van der Waals surface area contributed by atoms with E-state index < -0.39 is 10.0 Å². The van der Waals surface area contributed by atoms with Gasteiger partial charge in [-0.15, -0.1) is 12.4 Å². The van der Waals surface area contributed by atoms with E-state index in [2.05, 4.69) is 20.0 Å². The van der Waals surface area contributed by atoms with Crippen molar-refractivity contribution >= 4 is 45.1 Å². The summed E-state index contributed by atoms with van der Waals surface area (Å²) in [7, 11) is -3.62. The first-order chi connectivity index (χ1) is 9.97. The molecule has 2 unspecified atom stereocenters. The first-order valence-corrected chi connectivity index (χ1v) is 8.71. The summed E-state index contributed by atoms with van der Waals surface area (Å²) < 4.78 is 28.0. The molecule has 1 aliphatic heterocycles. The van der Waals surface area contributed by atoms with E-state index in [0.717, 1.165) is 19.4 Å². The number of hydrogen-bond donors (Lipinski definition) is 3. The Labute approximate surface area is 140 Å². The third-order valence-corrected chi connectivity index (χ3v) is 5.58. The molecule has 3 N–H and O–H groups in total. The van der Waals surface area contributed by atoms with Crippen LogP contribution in [0.25, 0.3) is 11.0 Å². The van der Waals surface area contributed by atoms with Gasteiger partial charge in [0.2, 0.25) is 10.0 Å². The first-order valence-electron chi connectivity index (χ1n) is 6.84. The Morgan fingerprint density at radius 3 is 2.95 bits per heavy atom. The highest BCUT2D eigenvalue weighted by Gasteiger charge is 2.27. The Morgan fingerprint density at radius 2 is 2.23 bits per heavy atom. The largest absolute Gasteiger partial charge is 0.345 e. The van der Waals surface area contributed by atoms with Crippen molar-refractivity contribution in [3.05, 3.63) is 23.5 Å². The maximum Gasteiger partial charge on any atom is 0.243 e. The zero-order chi connectivity index (χ0) is 15.0. The smallest absolute Gasteiger partial charge is 0.243 e. The standard InChI is InChI=1S/C13H17ClN4O2S.ClH/c1-8-6-9(2-4-15-8)18-21(19,20)11-7-17-13-12(11)10(14)3-5-16-13;/h3,5,7-9,15,18H,2,4,6H2,1H3,(H,16,17);1H. The molecular formula is C13H18Cl2N4O2S. The molecule has 0 spiro atoms. The molecule has 0 radical (unpaired) electrons. The molecule has 0 aromatic carbocycles. The van der Waals surface area contributed by atoms with E-state index in [4.69, 9.17) is 11.6 Å². The Morgan fingerprint density at radius 1 is 1.45 bits per heavy atom. The Balaban J connectivity index is 0.00000176. The van der Waals surface area contributed by atoms with Gasteiger partial charge in [-0.05, 0) is 32.4 Å². The van der Waals surface area contributed by atoms with Gasteiger partial charge < -0.3 is 10.3 Å². The molecule has 0 aliphatic carbocycles. The molecule has 1 saturated heterocycles. The number of H-pyrrole nitrogens is 1. The molecule has 1 fully saturated rings. The van der Waals surface area contributed by atoms with Gasteiger partial charge in [0.15, 0.2) is 0 Å². The lowest BCUT2D eigenvalue weighted by molar-refractivity contribution is 0.361. The maximum absolute atomic E-state index is 12.6. The van der Waals surface area contributed by atoms with Crippen LogP contribution in [0.3, 0.4) is 0 Å². The number of aromatic amines is 1. The van der Waals surface area contributed by atoms with Crippen LogP contribution in [-0.2, 0) is 10.0 Å². The summed E-state index contributed by atoms with van der Waals surface area (Å²) in [5.74, 6) is 0. The fourth-order valence-electron chi connectivity index (χ4n) is 2.72. The summed E-state index contributed by atoms with van der Waals surface area (Å²) >= 11 is 6.11. The number of aromatic nitrogens is 2. The molecule has 0 amide bonds. The third-order valence-electron chi connectivity index (χ3n) is 3.72. The van der Waals surface area contributed by atoms with Crippen molar-refractivity contribution in [1.82, 2.24) is 20.0 Å². The molecule has 9 heteroatoms. The van der Waals surface area contributed by atoms with Crippen LogP contribution in [0.5, 0.6) is 0 Å². The number of sulfonamides is 1.